The molecule has 1 N–H and O–H groups in total. The lowest BCUT2D eigenvalue weighted by atomic mass is 10.1. The Morgan fingerprint density at radius 2 is 1.59 bits per heavy atom. The summed E-state index contributed by atoms with van der Waals surface area (Å²) in [5.74, 6) is -0.417. The minimum Gasteiger partial charge on any atom is -0.449 e. The van der Waals surface area contributed by atoms with Gasteiger partial charge in [-0.1, -0.05) is 60.7 Å². The van der Waals surface area contributed by atoms with Crippen molar-refractivity contribution in [2.75, 3.05) is 6.61 Å². The number of aliphatic hydroxyl groups excluding tert-OH is 1. The Labute approximate surface area is 163 Å². The predicted octanol–water partition coefficient (Wildman–Crippen LogP) is 3.15. The van der Waals surface area contributed by atoms with Crippen molar-refractivity contribution in [3.8, 4) is 0 Å². The predicted molar refractivity (Wildman–Crippen MR) is 104 cm³/mol. The zero-order valence-electron chi connectivity index (χ0n) is 15.2. The standard InChI is InChI=1S/C21H24O5S/c1-15(22)26-21-19(23)20(25-13-17-10-6-3-7-11-17)18(27-21)14-24-12-16-8-4-2-5-9-16/h2-11,18-21,23H,12-14H2,1H3/t18-,19+,20-,21?/m0/s1. The maximum atomic E-state index is 11.3. The van der Waals surface area contributed by atoms with Crippen LogP contribution in [0.2, 0.25) is 0 Å². The summed E-state index contributed by atoms with van der Waals surface area (Å²) in [7, 11) is 0. The average molecular weight is 388 g/mol. The van der Waals surface area contributed by atoms with Crippen LogP contribution in [0.25, 0.3) is 0 Å². The van der Waals surface area contributed by atoms with E-state index in [1.165, 1.54) is 18.7 Å². The molecule has 1 unspecified atom stereocenters. The van der Waals surface area contributed by atoms with Gasteiger partial charge in [0.1, 0.15) is 12.2 Å². The van der Waals surface area contributed by atoms with Crippen molar-refractivity contribution in [3.63, 3.8) is 0 Å². The van der Waals surface area contributed by atoms with Crippen LogP contribution in [0.3, 0.4) is 0 Å². The van der Waals surface area contributed by atoms with Gasteiger partial charge >= 0.3 is 5.97 Å². The summed E-state index contributed by atoms with van der Waals surface area (Å²) in [5, 5.41) is 10.5. The maximum absolute atomic E-state index is 11.3. The van der Waals surface area contributed by atoms with Gasteiger partial charge in [-0.05, 0) is 11.1 Å². The Hall–Kier alpha value is -1.86. The summed E-state index contributed by atoms with van der Waals surface area (Å²) in [6, 6.07) is 19.7. The van der Waals surface area contributed by atoms with Crippen LogP contribution in [0, 0.1) is 0 Å². The summed E-state index contributed by atoms with van der Waals surface area (Å²) in [6.45, 7) is 2.60. The molecule has 1 saturated heterocycles. The van der Waals surface area contributed by atoms with Gasteiger partial charge in [0.2, 0.25) is 0 Å². The van der Waals surface area contributed by atoms with Crippen molar-refractivity contribution in [2.24, 2.45) is 0 Å². The third-order valence-corrected chi connectivity index (χ3v) is 5.65. The topological polar surface area (TPSA) is 65.0 Å². The number of hydrogen-bond donors (Lipinski definition) is 1. The van der Waals surface area contributed by atoms with Crippen molar-refractivity contribution in [1.82, 2.24) is 0 Å². The third-order valence-electron chi connectivity index (χ3n) is 4.25. The molecular weight excluding hydrogens is 364 g/mol. The number of aliphatic hydroxyl groups is 1. The third kappa shape index (κ3) is 5.81. The minimum atomic E-state index is -0.895. The first-order valence-electron chi connectivity index (χ1n) is 8.91. The molecule has 2 aromatic carbocycles. The number of hydrogen-bond acceptors (Lipinski definition) is 6. The van der Waals surface area contributed by atoms with E-state index in [2.05, 4.69) is 0 Å². The van der Waals surface area contributed by atoms with Crippen molar-refractivity contribution >= 4 is 17.7 Å². The van der Waals surface area contributed by atoms with E-state index in [-0.39, 0.29) is 5.25 Å². The monoisotopic (exact) mass is 388 g/mol. The molecule has 6 heteroatoms. The molecule has 0 spiro atoms. The zero-order chi connectivity index (χ0) is 19.1. The molecule has 4 atom stereocenters. The van der Waals surface area contributed by atoms with E-state index in [9.17, 15) is 9.90 Å². The van der Waals surface area contributed by atoms with Crippen LogP contribution in [-0.4, -0.2) is 40.6 Å². The SMILES string of the molecule is CC(=O)OC1S[C@@H](COCc2ccccc2)[C@H](OCc2ccccc2)[C@H]1O. The Balaban J connectivity index is 1.59. The molecule has 0 radical (unpaired) electrons. The van der Waals surface area contributed by atoms with E-state index in [0.717, 1.165) is 11.1 Å². The zero-order valence-corrected chi connectivity index (χ0v) is 16.0. The summed E-state index contributed by atoms with van der Waals surface area (Å²) in [5.41, 5.74) is 1.46. The van der Waals surface area contributed by atoms with E-state index in [0.29, 0.717) is 19.8 Å². The van der Waals surface area contributed by atoms with Gasteiger partial charge in [0.05, 0.1) is 25.1 Å². The number of carbonyl (C=O) groups is 1. The van der Waals surface area contributed by atoms with Crippen LogP contribution in [-0.2, 0) is 32.2 Å². The van der Waals surface area contributed by atoms with Gasteiger partial charge in [0, 0.05) is 6.92 Å². The van der Waals surface area contributed by atoms with Crippen molar-refractivity contribution in [2.45, 2.75) is 43.0 Å². The molecular formula is C21H24O5S. The first kappa shape index (κ1) is 19.9. The smallest absolute Gasteiger partial charge is 0.303 e. The number of benzene rings is 2. The van der Waals surface area contributed by atoms with E-state index in [4.69, 9.17) is 14.2 Å². The Morgan fingerprint density at radius 1 is 1.00 bits per heavy atom. The molecule has 0 amide bonds. The quantitative estimate of drug-likeness (QED) is 0.701. The second-order valence-corrected chi connectivity index (χ2v) is 7.75. The highest BCUT2D eigenvalue weighted by molar-refractivity contribution is 8.00. The molecule has 0 bridgehead atoms. The van der Waals surface area contributed by atoms with E-state index < -0.39 is 23.6 Å². The van der Waals surface area contributed by atoms with Gasteiger partial charge in [-0.25, -0.2) is 0 Å². The van der Waals surface area contributed by atoms with Crippen LogP contribution in [0.1, 0.15) is 18.1 Å². The molecule has 1 aliphatic heterocycles. The molecule has 2 aromatic rings. The van der Waals surface area contributed by atoms with Gasteiger partial charge in [-0.15, -0.1) is 11.8 Å². The number of esters is 1. The highest BCUT2D eigenvalue weighted by atomic mass is 32.2. The summed E-state index contributed by atoms with van der Waals surface area (Å²) in [4.78, 5) is 11.3. The summed E-state index contributed by atoms with van der Waals surface area (Å²) >= 11 is 1.38. The van der Waals surface area contributed by atoms with Gasteiger partial charge < -0.3 is 19.3 Å². The largest absolute Gasteiger partial charge is 0.449 e. The van der Waals surface area contributed by atoms with Crippen molar-refractivity contribution < 1.29 is 24.1 Å². The number of thioether (sulfide) groups is 1. The van der Waals surface area contributed by atoms with Gasteiger partial charge in [0.15, 0.2) is 5.44 Å². The van der Waals surface area contributed by atoms with Gasteiger partial charge in [-0.2, -0.15) is 0 Å². The van der Waals surface area contributed by atoms with Crippen LogP contribution >= 0.6 is 11.8 Å². The normalized spacial score (nSPS) is 24.7. The molecule has 1 heterocycles. The molecule has 1 aliphatic rings. The number of carbonyl (C=O) groups excluding carboxylic acids is 1. The second kappa shape index (κ2) is 9.90. The lowest BCUT2D eigenvalue weighted by molar-refractivity contribution is -0.149. The summed E-state index contributed by atoms with van der Waals surface area (Å²) < 4.78 is 17.1. The minimum absolute atomic E-state index is 0.128. The molecule has 5 nitrogen and oxygen atoms in total. The van der Waals surface area contributed by atoms with Crippen LogP contribution in [0.15, 0.2) is 60.7 Å². The fourth-order valence-corrected chi connectivity index (χ4v) is 4.36. The van der Waals surface area contributed by atoms with E-state index in [1.807, 2.05) is 60.7 Å². The van der Waals surface area contributed by atoms with E-state index in [1.54, 1.807) is 0 Å². The van der Waals surface area contributed by atoms with Crippen LogP contribution in [0.5, 0.6) is 0 Å². The van der Waals surface area contributed by atoms with Crippen molar-refractivity contribution in [1.29, 1.82) is 0 Å². The lowest BCUT2D eigenvalue weighted by Crippen LogP contribution is -2.37. The molecule has 3 rings (SSSR count). The fraction of sp³-hybridized carbons (Fsp3) is 0.381. The number of ether oxygens (including phenoxy) is 3. The first-order valence-corrected chi connectivity index (χ1v) is 9.85. The lowest BCUT2D eigenvalue weighted by Gasteiger charge is -2.22. The Morgan fingerprint density at radius 3 is 2.19 bits per heavy atom. The molecule has 0 saturated carbocycles. The van der Waals surface area contributed by atoms with Gasteiger partial charge in [0.25, 0.3) is 0 Å². The Kier molecular flexibility index (Phi) is 7.29. The average Bonchev–Trinajstić information content (AvgIpc) is 2.96. The van der Waals surface area contributed by atoms with E-state index >= 15 is 0 Å². The molecule has 27 heavy (non-hydrogen) atoms. The first-order chi connectivity index (χ1) is 13.1. The van der Waals surface area contributed by atoms with Crippen LogP contribution in [0.4, 0.5) is 0 Å². The Bertz CT molecular complexity index is 709. The van der Waals surface area contributed by atoms with Crippen LogP contribution < -0.4 is 0 Å². The second-order valence-electron chi connectivity index (χ2n) is 6.40. The molecule has 1 fully saturated rings. The van der Waals surface area contributed by atoms with Crippen molar-refractivity contribution in [3.05, 3.63) is 71.8 Å². The maximum Gasteiger partial charge on any atom is 0.303 e. The summed E-state index contributed by atoms with van der Waals surface area (Å²) in [6.07, 6.45) is -1.37. The highest BCUT2D eigenvalue weighted by Gasteiger charge is 2.46. The molecule has 144 valence electrons. The highest BCUT2D eigenvalue weighted by Crippen LogP contribution is 2.37. The molecule has 0 aromatic heterocycles. The molecule has 0 aliphatic carbocycles. The van der Waals surface area contributed by atoms with Gasteiger partial charge in [-0.3, -0.25) is 4.79 Å². The fourth-order valence-electron chi connectivity index (χ4n) is 2.94. The number of rotatable bonds is 8.